The first-order valence-corrected chi connectivity index (χ1v) is 7.05. The highest BCUT2D eigenvalue weighted by atomic mass is 79.9. The molecule has 1 N–H and O–H groups in total. The van der Waals surface area contributed by atoms with E-state index in [0.717, 1.165) is 19.3 Å². The number of hydrogen-bond acceptors (Lipinski definition) is 1. The molecule has 0 saturated heterocycles. The Balaban J connectivity index is 2.98. The largest absolute Gasteiger partial charge is 0.347 e. The molecule has 1 aromatic carbocycles. The van der Waals surface area contributed by atoms with Gasteiger partial charge in [-0.25, -0.2) is 4.39 Å². The molecular formula is C14H19BrFNO. The molecule has 0 saturated carbocycles. The van der Waals surface area contributed by atoms with E-state index in [1.165, 1.54) is 6.07 Å². The molecular weight excluding hydrogens is 297 g/mol. The van der Waals surface area contributed by atoms with Gasteiger partial charge in [0, 0.05) is 5.54 Å². The van der Waals surface area contributed by atoms with Crippen LogP contribution in [-0.2, 0) is 0 Å². The van der Waals surface area contributed by atoms with Crippen molar-refractivity contribution in [3.8, 4) is 0 Å². The molecule has 4 heteroatoms. The predicted octanol–water partition coefficient (Wildman–Crippen LogP) is 4.29. The van der Waals surface area contributed by atoms with Gasteiger partial charge in [-0.15, -0.1) is 0 Å². The van der Waals surface area contributed by atoms with Crippen LogP contribution in [0.1, 0.15) is 50.4 Å². The van der Waals surface area contributed by atoms with E-state index in [1.54, 1.807) is 12.1 Å². The summed E-state index contributed by atoms with van der Waals surface area (Å²) in [5.74, 6) is -0.855. The van der Waals surface area contributed by atoms with E-state index >= 15 is 0 Å². The molecule has 0 fully saturated rings. The highest BCUT2D eigenvalue weighted by molar-refractivity contribution is 9.10. The standard InChI is InChI=1S/C14H19BrFNO/c1-4-14(5-2,6-3)17-13(18)10-8-7-9-11(15)12(10)16/h7-9H,4-6H2,1-3H3,(H,17,18). The average molecular weight is 316 g/mol. The Morgan fingerprint density at radius 3 is 2.33 bits per heavy atom. The molecule has 0 spiro atoms. The van der Waals surface area contributed by atoms with Crippen molar-refractivity contribution in [2.75, 3.05) is 0 Å². The number of benzene rings is 1. The van der Waals surface area contributed by atoms with Crippen molar-refractivity contribution >= 4 is 21.8 Å². The maximum atomic E-state index is 13.8. The van der Waals surface area contributed by atoms with Crippen LogP contribution in [0.3, 0.4) is 0 Å². The first-order chi connectivity index (χ1) is 8.49. The summed E-state index contributed by atoms with van der Waals surface area (Å²) in [7, 11) is 0. The lowest BCUT2D eigenvalue weighted by molar-refractivity contribution is 0.0884. The van der Waals surface area contributed by atoms with Gasteiger partial charge in [0.1, 0.15) is 5.82 Å². The van der Waals surface area contributed by atoms with E-state index in [0.29, 0.717) is 4.47 Å². The van der Waals surface area contributed by atoms with Crippen molar-refractivity contribution in [3.05, 3.63) is 34.1 Å². The van der Waals surface area contributed by atoms with Gasteiger partial charge in [-0.1, -0.05) is 26.8 Å². The van der Waals surface area contributed by atoms with Gasteiger partial charge in [0.05, 0.1) is 10.0 Å². The Bertz CT molecular complexity index is 422. The second kappa shape index (κ2) is 6.32. The zero-order chi connectivity index (χ0) is 13.8. The Morgan fingerprint density at radius 1 is 1.28 bits per heavy atom. The summed E-state index contributed by atoms with van der Waals surface area (Å²) in [5, 5.41) is 2.96. The van der Waals surface area contributed by atoms with Crippen LogP contribution in [0.15, 0.2) is 22.7 Å². The summed E-state index contributed by atoms with van der Waals surface area (Å²) >= 11 is 3.09. The number of nitrogens with one attached hydrogen (secondary N) is 1. The van der Waals surface area contributed by atoms with Gasteiger partial charge in [0.15, 0.2) is 0 Å². The van der Waals surface area contributed by atoms with E-state index < -0.39 is 5.82 Å². The van der Waals surface area contributed by atoms with Gasteiger partial charge in [0.25, 0.3) is 5.91 Å². The Labute approximate surface area is 116 Å². The predicted molar refractivity (Wildman–Crippen MR) is 75.2 cm³/mol. The van der Waals surface area contributed by atoms with Gasteiger partial charge >= 0.3 is 0 Å². The smallest absolute Gasteiger partial charge is 0.254 e. The van der Waals surface area contributed by atoms with Crippen molar-refractivity contribution in [1.29, 1.82) is 0 Å². The number of amides is 1. The molecule has 0 aromatic heterocycles. The van der Waals surface area contributed by atoms with E-state index in [9.17, 15) is 9.18 Å². The van der Waals surface area contributed by atoms with E-state index in [-0.39, 0.29) is 17.0 Å². The minimum Gasteiger partial charge on any atom is -0.347 e. The van der Waals surface area contributed by atoms with Crippen LogP contribution in [-0.4, -0.2) is 11.4 Å². The third-order valence-corrected chi connectivity index (χ3v) is 4.22. The van der Waals surface area contributed by atoms with Crippen molar-refractivity contribution in [3.63, 3.8) is 0 Å². The minimum absolute atomic E-state index is 0.0871. The topological polar surface area (TPSA) is 29.1 Å². The zero-order valence-electron chi connectivity index (χ0n) is 11.0. The molecule has 1 amide bonds. The summed E-state index contributed by atoms with van der Waals surface area (Å²) in [6, 6.07) is 4.74. The number of hydrogen-bond donors (Lipinski definition) is 1. The Kier molecular flexibility index (Phi) is 5.32. The summed E-state index contributed by atoms with van der Waals surface area (Å²) in [6.45, 7) is 6.10. The first kappa shape index (κ1) is 15.2. The third-order valence-electron chi connectivity index (χ3n) is 3.61. The highest BCUT2D eigenvalue weighted by Crippen LogP contribution is 2.22. The summed E-state index contributed by atoms with van der Waals surface area (Å²) in [4.78, 5) is 12.1. The van der Waals surface area contributed by atoms with Crippen molar-refractivity contribution in [1.82, 2.24) is 5.32 Å². The minimum atomic E-state index is -0.507. The van der Waals surface area contributed by atoms with Gasteiger partial charge in [-0.05, 0) is 47.3 Å². The fourth-order valence-electron chi connectivity index (χ4n) is 2.00. The number of carbonyl (C=O) groups is 1. The maximum Gasteiger partial charge on any atom is 0.254 e. The first-order valence-electron chi connectivity index (χ1n) is 6.26. The quantitative estimate of drug-likeness (QED) is 0.863. The molecule has 0 aliphatic carbocycles. The number of rotatable bonds is 5. The molecule has 0 aliphatic rings. The molecule has 0 bridgehead atoms. The molecule has 18 heavy (non-hydrogen) atoms. The van der Waals surface area contributed by atoms with Crippen molar-refractivity contribution in [2.45, 2.75) is 45.6 Å². The SMILES string of the molecule is CCC(CC)(CC)NC(=O)c1cccc(Br)c1F. The monoisotopic (exact) mass is 315 g/mol. The zero-order valence-corrected chi connectivity index (χ0v) is 12.6. The lowest BCUT2D eigenvalue weighted by Crippen LogP contribution is -2.47. The van der Waals surface area contributed by atoms with E-state index in [4.69, 9.17) is 0 Å². The fourth-order valence-corrected chi connectivity index (χ4v) is 2.37. The second-order valence-electron chi connectivity index (χ2n) is 4.40. The number of halogens is 2. The van der Waals surface area contributed by atoms with Gasteiger partial charge in [-0.3, -0.25) is 4.79 Å². The van der Waals surface area contributed by atoms with E-state index in [1.807, 2.05) is 20.8 Å². The fraction of sp³-hybridized carbons (Fsp3) is 0.500. The summed E-state index contributed by atoms with van der Waals surface area (Å²) < 4.78 is 14.1. The van der Waals surface area contributed by atoms with Gasteiger partial charge < -0.3 is 5.32 Å². The molecule has 0 unspecified atom stereocenters. The van der Waals surface area contributed by atoms with E-state index in [2.05, 4.69) is 21.2 Å². The van der Waals surface area contributed by atoms with Crippen LogP contribution in [0.4, 0.5) is 4.39 Å². The van der Waals surface area contributed by atoms with Crippen LogP contribution >= 0.6 is 15.9 Å². The summed E-state index contributed by atoms with van der Waals surface area (Å²) in [6.07, 6.45) is 2.50. The molecule has 0 atom stereocenters. The average Bonchev–Trinajstić information content (AvgIpc) is 2.39. The third kappa shape index (κ3) is 3.10. The van der Waals surface area contributed by atoms with Crippen LogP contribution < -0.4 is 5.32 Å². The number of carbonyl (C=O) groups excluding carboxylic acids is 1. The maximum absolute atomic E-state index is 13.8. The molecule has 1 aromatic rings. The Hall–Kier alpha value is -0.900. The second-order valence-corrected chi connectivity index (χ2v) is 5.25. The van der Waals surface area contributed by atoms with Crippen molar-refractivity contribution in [2.24, 2.45) is 0 Å². The van der Waals surface area contributed by atoms with Gasteiger partial charge in [0.2, 0.25) is 0 Å². The molecule has 1 rings (SSSR count). The van der Waals surface area contributed by atoms with Crippen LogP contribution in [0, 0.1) is 5.82 Å². The normalized spacial score (nSPS) is 11.4. The van der Waals surface area contributed by atoms with Crippen LogP contribution in [0.25, 0.3) is 0 Å². The molecule has 0 heterocycles. The molecule has 2 nitrogen and oxygen atoms in total. The molecule has 0 aliphatic heterocycles. The molecule has 100 valence electrons. The lowest BCUT2D eigenvalue weighted by atomic mass is 9.89. The van der Waals surface area contributed by atoms with Crippen LogP contribution in [0.2, 0.25) is 0 Å². The lowest BCUT2D eigenvalue weighted by Gasteiger charge is -2.31. The van der Waals surface area contributed by atoms with Crippen molar-refractivity contribution < 1.29 is 9.18 Å². The Morgan fingerprint density at radius 2 is 1.83 bits per heavy atom. The highest BCUT2D eigenvalue weighted by Gasteiger charge is 2.27. The summed E-state index contributed by atoms with van der Waals surface area (Å²) in [5.41, 5.74) is -0.157. The molecule has 0 radical (unpaired) electrons. The van der Waals surface area contributed by atoms with Gasteiger partial charge in [-0.2, -0.15) is 0 Å². The van der Waals surface area contributed by atoms with Crippen LogP contribution in [0.5, 0.6) is 0 Å².